The second-order valence-electron chi connectivity index (χ2n) is 5.15. The molecule has 0 fully saturated rings. The molecule has 3 heteroatoms. The van der Waals surface area contributed by atoms with Crippen LogP contribution >= 0.6 is 11.3 Å². The minimum atomic E-state index is 0.0837. The van der Waals surface area contributed by atoms with Crippen molar-refractivity contribution < 1.29 is 0 Å². The molecule has 1 N–H and O–H groups in total. The lowest BCUT2D eigenvalue weighted by Gasteiger charge is -2.13. The summed E-state index contributed by atoms with van der Waals surface area (Å²) in [4.78, 5) is 5.59. The molecule has 0 saturated carbocycles. The van der Waals surface area contributed by atoms with E-state index in [0.29, 0.717) is 6.04 Å². The number of aryl methyl sites for hydroxylation is 1. The quantitative estimate of drug-likeness (QED) is 0.827. The molecule has 0 aliphatic heterocycles. The predicted octanol–water partition coefficient (Wildman–Crippen LogP) is 3.54. The van der Waals surface area contributed by atoms with Gasteiger partial charge in [-0.15, -0.1) is 17.3 Å². The van der Waals surface area contributed by atoms with Gasteiger partial charge in [0.15, 0.2) is 0 Å². The van der Waals surface area contributed by atoms with Crippen molar-refractivity contribution in [3.8, 4) is 11.8 Å². The fourth-order valence-electron chi connectivity index (χ4n) is 1.48. The number of nitrogens with one attached hydrogen (secondary N) is 1. The Bertz CT molecular complexity index is 404. The highest BCUT2D eigenvalue weighted by atomic mass is 32.1. The van der Waals surface area contributed by atoms with E-state index < -0.39 is 0 Å². The van der Waals surface area contributed by atoms with Crippen LogP contribution in [0.4, 0.5) is 0 Å². The Morgan fingerprint density at radius 1 is 1.47 bits per heavy atom. The largest absolute Gasteiger partial charge is 0.309 e. The standard InChI is InChI=1S/C14H22N2S/c1-6-15-12(8-7-9-14(3,4)5)13-10-16-11(2)17-13/h10,12,15H,6,8H2,1-5H3. The Morgan fingerprint density at radius 3 is 2.65 bits per heavy atom. The van der Waals surface area contributed by atoms with Gasteiger partial charge in [0.2, 0.25) is 0 Å². The lowest BCUT2D eigenvalue weighted by Crippen LogP contribution is -2.19. The normalized spacial score (nSPS) is 13.0. The highest BCUT2D eigenvalue weighted by Gasteiger charge is 2.12. The van der Waals surface area contributed by atoms with Gasteiger partial charge in [-0.2, -0.15) is 0 Å². The van der Waals surface area contributed by atoms with Gasteiger partial charge in [-0.05, 0) is 34.2 Å². The van der Waals surface area contributed by atoms with E-state index in [1.165, 1.54) is 4.88 Å². The molecule has 0 spiro atoms. The van der Waals surface area contributed by atoms with Crippen molar-refractivity contribution >= 4 is 11.3 Å². The summed E-state index contributed by atoms with van der Waals surface area (Å²) < 4.78 is 0. The zero-order valence-electron chi connectivity index (χ0n) is 11.4. The summed E-state index contributed by atoms with van der Waals surface area (Å²) in [5.74, 6) is 6.57. The first-order valence-electron chi connectivity index (χ1n) is 6.08. The number of rotatable bonds is 4. The summed E-state index contributed by atoms with van der Waals surface area (Å²) in [5, 5.41) is 4.58. The van der Waals surface area contributed by atoms with Crippen LogP contribution in [0.2, 0.25) is 0 Å². The van der Waals surface area contributed by atoms with Crippen molar-refractivity contribution in [3.63, 3.8) is 0 Å². The maximum Gasteiger partial charge on any atom is 0.0897 e. The summed E-state index contributed by atoms with van der Waals surface area (Å²) >= 11 is 1.75. The van der Waals surface area contributed by atoms with Crippen LogP contribution in [0.15, 0.2) is 6.20 Å². The zero-order valence-corrected chi connectivity index (χ0v) is 12.2. The second kappa shape index (κ2) is 6.18. The van der Waals surface area contributed by atoms with Crippen LogP contribution in [0.1, 0.15) is 50.0 Å². The van der Waals surface area contributed by atoms with Crippen molar-refractivity contribution in [1.82, 2.24) is 10.3 Å². The van der Waals surface area contributed by atoms with E-state index in [9.17, 15) is 0 Å². The average molecular weight is 250 g/mol. The highest BCUT2D eigenvalue weighted by Crippen LogP contribution is 2.23. The Labute approximate surface area is 109 Å². The second-order valence-corrected chi connectivity index (χ2v) is 6.41. The topological polar surface area (TPSA) is 24.9 Å². The van der Waals surface area contributed by atoms with E-state index >= 15 is 0 Å². The molecule has 1 aromatic rings. The molecular weight excluding hydrogens is 228 g/mol. The summed E-state index contributed by atoms with van der Waals surface area (Å²) in [7, 11) is 0. The van der Waals surface area contributed by atoms with Crippen LogP contribution in [0.5, 0.6) is 0 Å². The molecule has 0 aliphatic carbocycles. The average Bonchev–Trinajstić information content (AvgIpc) is 2.62. The maximum atomic E-state index is 4.31. The van der Waals surface area contributed by atoms with Gasteiger partial charge in [-0.3, -0.25) is 0 Å². The summed E-state index contributed by atoms with van der Waals surface area (Å²) in [6.07, 6.45) is 2.82. The molecule has 0 amide bonds. The third kappa shape index (κ3) is 5.34. The van der Waals surface area contributed by atoms with Gasteiger partial charge in [0.05, 0.1) is 11.0 Å². The van der Waals surface area contributed by atoms with Crippen molar-refractivity contribution in [2.24, 2.45) is 5.41 Å². The molecule has 1 heterocycles. The molecule has 0 radical (unpaired) electrons. The van der Waals surface area contributed by atoms with E-state index in [4.69, 9.17) is 0 Å². The van der Waals surface area contributed by atoms with Gasteiger partial charge in [0, 0.05) is 22.9 Å². The Morgan fingerprint density at radius 2 is 2.18 bits per heavy atom. The molecule has 0 aliphatic rings. The number of hydrogen-bond acceptors (Lipinski definition) is 3. The van der Waals surface area contributed by atoms with E-state index in [1.54, 1.807) is 11.3 Å². The van der Waals surface area contributed by atoms with E-state index in [2.05, 4.69) is 49.8 Å². The maximum absolute atomic E-state index is 4.31. The van der Waals surface area contributed by atoms with Crippen LogP contribution in [0.3, 0.4) is 0 Å². The van der Waals surface area contributed by atoms with Crippen molar-refractivity contribution in [3.05, 3.63) is 16.1 Å². The van der Waals surface area contributed by atoms with Gasteiger partial charge in [0.1, 0.15) is 0 Å². The molecule has 94 valence electrons. The lowest BCUT2D eigenvalue weighted by atomic mass is 9.97. The summed E-state index contributed by atoms with van der Waals surface area (Å²) in [6, 6.07) is 0.320. The predicted molar refractivity (Wildman–Crippen MR) is 75.1 cm³/mol. The third-order valence-electron chi connectivity index (χ3n) is 2.20. The zero-order chi connectivity index (χ0) is 12.9. The molecule has 17 heavy (non-hydrogen) atoms. The Hall–Kier alpha value is -0.850. The van der Waals surface area contributed by atoms with Gasteiger partial charge in [0.25, 0.3) is 0 Å². The number of aromatic nitrogens is 1. The lowest BCUT2D eigenvalue weighted by molar-refractivity contribution is 0.558. The molecule has 0 bridgehead atoms. The Kier molecular flexibility index (Phi) is 5.17. The summed E-state index contributed by atoms with van der Waals surface area (Å²) in [5.41, 5.74) is 0.0837. The van der Waals surface area contributed by atoms with Crippen LogP contribution < -0.4 is 5.32 Å². The first-order valence-corrected chi connectivity index (χ1v) is 6.90. The molecule has 0 saturated heterocycles. The van der Waals surface area contributed by atoms with Gasteiger partial charge in [-0.1, -0.05) is 12.8 Å². The fourth-order valence-corrected chi connectivity index (χ4v) is 2.34. The highest BCUT2D eigenvalue weighted by molar-refractivity contribution is 7.11. The molecule has 1 aromatic heterocycles. The van der Waals surface area contributed by atoms with Crippen molar-refractivity contribution in [2.75, 3.05) is 6.54 Å². The van der Waals surface area contributed by atoms with Crippen LogP contribution in [0.25, 0.3) is 0 Å². The minimum absolute atomic E-state index is 0.0837. The number of thiazole rings is 1. The van der Waals surface area contributed by atoms with E-state index in [1.807, 2.05) is 13.1 Å². The van der Waals surface area contributed by atoms with E-state index in [0.717, 1.165) is 18.0 Å². The molecule has 0 aromatic carbocycles. The molecule has 2 nitrogen and oxygen atoms in total. The molecule has 1 rings (SSSR count). The summed E-state index contributed by atoms with van der Waals surface area (Å²) in [6.45, 7) is 11.5. The van der Waals surface area contributed by atoms with Crippen LogP contribution in [-0.2, 0) is 0 Å². The van der Waals surface area contributed by atoms with Gasteiger partial charge in [-0.25, -0.2) is 4.98 Å². The van der Waals surface area contributed by atoms with Gasteiger partial charge >= 0.3 is 0 Å². The fraction of sp³-hybridized carbons (Fsp3) is 0.643. The van der Waals surface area contributed by atoms with Crippen molar-refractivity contribution in [1.29, 1.82) is 0 Å². The monoisotopic (exact) mass is 250 g/mol. The SMILES string of the molecule is CCNC(CC#CC(C)(C)C)c1cnc(C)s1. The first-order chi connectivity index (χ1) is 7.92. The number of hydrogen-bond donors (Lipinski definition) is 1. The molecule has 1 atom stereocenters. The number of nitrogens with zero attached hydrogens (tertiary/aromatic N) is 1. The van der Waals surface area contributed by atoms with Gasteiger partial charge < -0.3 is 5.32 Å². The third-order valence-corrected chi connectivity index (χ3v) is 3.23. The van der Waals surface area contributed by atoms with Crippen LogP contribution in [-0.4, -0.2) is 11.5 Å². The smallest absolute Gasteiger partial charge is 0.0897 e. The minimum Gasteiger partial charge on any atom is -0.309 e. The Balaban J connectivity index is 2.70. The van der Waals surface area contributed by atoms with E-state index in [-0.39, 0.29) is 5.41 Å². The first kappa shape index (κ1) is 14.2. The molecule has 1 unspecified atom stereocenters. The van der Waals surface area contributed by atoms with Crippen LogP contribution in [0, 0.1) is 24.2 Å². The van der Waals surface area contributed by atoms with Crippen molar-refractivity contribution in [2.45, 2.75) is 47.1 Å². The molecular formula is C14H22N2S.